The lowest BCUT2D eigenvalue weighted by atomic mass is 10.2. The van der Waals surface area contributed by atoms with Crippen LogP contribution in [0, 0.1) is 10.1 Å². The lowest BCUT2D eigenvalue weighted by Crippen LogP contribution is -2.51. The van der Waals surface area contributed by atoms with Crippen LogP contribution < -0.4 is 4.90 Å². The molecule has 18 heavy (non-hydrogen) atoms. The highest BCUT2D eigenvalue weighted by atomic mass is 16.6. The summed E-state index contributed by atoms with van der Waals surface area (Å²) in [5.74, 6) is -0.0982. The molecule has 0 N–H and O–H groups in total. The Morgan fingerprint density at radius 1 is 1.50 bits per heavy atom. The molecule has 1 saturated heterocycles. The van der Waals surface area contributed by atoms with Gasteiger partial charge >= 0.3 is 5.82 Å². The highest BCUT2D eigenvalue weighted by Gasteiger charge is 2.23. The lowest BCUT2D eigenvalue weighted by molar-refractivity contribution is -0.389. The van der Waals surface area contributed by atoms with E-state index in [0.29, 0.717) is 6.04 Å². The van der Waals surface area contributed by atoms with Gasteiger partial charge in [0.2, 0.25) is 0 Å². The quantitative estimate of drug-likeness (QED) is 0.601. The molecule has 6 heteroatoms. The molecule has 1 atom stereocenters. The molecule has 1 aromatic rings. The summed E-state index contributed by atoms with van der Waals surface area (Å²) in [6.45, 7) is 8.33. The van der Waals surface area contributed by atoms with Gasteiger partial charge in [-0.1, -0.05) is 6.92 Å². The second-order valence-electron chi connectivity index (χ2n) is 4.56. The smallest absolute Gasteiger partial charge is 0.363 e. The predicted octanol–water partition coefficient (Wildman–Crippen LogP) is 1.52. The molecule has 1 aromatic heterocycles. The number of anilines is 1. The third kappa shape index (κ3) is 2.59. The topological polar surface area (TPSA) is 62.5 Å². The van der Waals surface area contributed by atoms with Gasteiger partial charge in [0.15, 0.2) is 6.20 Å². The molecule has 1 aliphatic rings. The maximum atomic E-state index is 10.5. The summed E-state index contributed by atoms with van der Waals surface area (Å²) in [4.78, 5) is 18.6. The van der Waals surface area contributed by atoms with Crippen molar-refractivity contribution in [2.24, 2.45) is 0 Å². The van der Waals surface area contributed by atoms with Gasteiger partial charge in [-0.3, -0.25) is 4.90 Å². The van der Waals surface area contributed by atoms with Gasteiger partial charge in [0, 0.05) is 31.7 Å². The number of hydrogen-bond donors (Lipinski definition) is 0. The monoisotopic (exact) mass is 250 g/mol. The van der Waals surface area contributed by atoms with Crippen molar-refractivity contribution in [2.75, 3.05) is 31.1 Å². The Morgan fingerprint density at radius 3 is 2.78 bits per heavy atom. The maximum Gasteiger partial charge on any atom is 0.363 e. The molecule has 0 bridgehead atoms. The average Bonchev–Trinajstić information content (AvgIpc) is 2.38. The van der Waals surface area contributed by atoms with Crippen LogP contribution in [0.25, 0.3) is 0 Å². The normalized spacial score (nSPS) is 21.0. The number of nitro groups is 1. The lowest BCUT2D eigenvalue weighted by Gasteiger charge is -2.40. The minimum atomic E-state index is -0.471. The van der Waals surface area contributed by atoms with Crippen LogP contribution in [0.3, 0.4) is 0 Å². The minimum Gasteiger partial charge on any atom is -0.366 e. The van der Waals surface area contributed by atoms with Crippen LogP contribution in [0.4, 0.5) is 11.5 Å². The van der Waals surface area contributed by atoms with E-state index >= 15 is 0 Å². The fourth-order valence-corrected chi connectivity index (χ4v) is 2.37. The highest BCUT2D eigenvalue weighted by Crippen LogP contribution is 2.20. The molecule has 1 fully saturated rings. The molecule has 0 amide bonds. The van der Waals surface area contributed by atoms with Gasteiger partial charge in [0.1, 0.15) is 0 Å². The van der Waals surface area contributed by atoms with E-state index in [1.54, 1.807) is 12.3 Å². The Hall–Kier alpha value is -1.69. The van der Waals surface area contributed by atoms with Crippen LogP contribution in [0.2, 0.25) is 0 Å². The van der Waals surface area contributed by atoms with Crippen molar-refractivity contribution in [1.82, 2.24) is 9.88 Å². The second-order valence-corrected chi connectivity index (χ2v) is 4.56. The molecule has 0 aromatic carbocycles. The number of aromatic nitrogens is 1. The molecule has 0 saturated carbocycles. The van der Waals surface area contributed by atoms with E-state index in [9.17, 15) is 10.1 Å². The zero-order chi connectivity index (χ0) is 13.1. The van der Waals surface area contributed by atoms with E-state index in [-0.39, 0.29) is 5.82 Å². The van der Waals surface area contributed by atoms with Crippen LogP contribution in [0.5, 0.6) is 0 Å². The van der Waals surface area contributed by atoms with E-state index < -0.39 is 4.92 Å². The summed E-state index contributed by atoms with van der Waals surface area (Å²) in [5.41, 5.74) is 0.961. The predicted molar refractivity (Wildman–Crippen MR) is 69.8 cm³/mol. The summed E-state index contributed by atoms with van der Waals surface area (Å²) in [6, 6.07) is 3.74. The van der Waals surface area contributed by atoms with E-state index in [4.69, 9.17) is 0 Å². The van der Waals surface area contributed by atoms with E-state index in [1.165, 1.54) is 6.07 Å². The molecule has 0 spiro atoms. The van der Waals surface area contributed by atoms with Crippen LogP contribution in [-0.2, 0) is 0 Å². The summed E-state index contributed by atoms with van der Waals surface area (Å²) >= 11 is 0. The van der Waals surface area contributed by atoms with Crippen LogP contribution >= 0.6 is 0 Å². The first-order valence-corrected chi connectivity index (χ1v) is 6.21. The van der Waals surface area contributed by atoms with Gasteiger partial charge in [-0.2, -0.15) is 0 Å². The standard InChI is InChI=1S/C12H18N4O2/c1-3-14-6-7-15(9-10(14)2)11-4-5-12(13-8-11)16(17)18/h4-5,8,10H,3,6-7,9H2,1-2H3/t10-/m1/s1. The van der Waals surface area contributed by atoms with Crippen molar-refractivity contribution < 1.29 is 4.92 Å². The number of likely N-dealkylation sites (N-methyl/N-ethyl adjacent to an activating group) is 1. The van der Waals surface area contributed by atoms with Gasteiger partial charge in [-0.05, 0) is 29.4 Å². The van der Waals surface area contributed by atoms with Crippen molar-refractivity contribution in [3.05, 3.63) is 28.4 Å². The Kier molecular flexibility index (Phi) is 3.76. The van der Waals surface area contributed by atoms with Crippen molar-refractivity contribution in [1.29, 1.82) is 0 Å². The Balaban J connectivity index is 2.06. The molecule has 2 heterocycles. The first-order valence-electron chi connectivity index (χ1n) is 6.21. The number of piperazine rings is 1. The SMILES string of the molecule is CCN1CCN(c2ccc([N+](=O)[O-])nc2)C[C@H]1C. The van der Waals surface area contributed by atoms with E-state index in [0.717, 1.165) is 31.9 Å². The van der Waals surface area contributed by atoms with Crippen molar-refractivity contribution in [2.45, 2.75) is 19.9 Å². The van der Waals surface area contributed by atoms with Crippen molar-refractivity contribution >= 4 is 11.5 Å². The number of rotatable bonds is 3. The van der Waals surface area contributed by atoms with Crippen LogP contribution in [0.1, 0.15) is 13.8 Å². The number of hydrogen-bond acceptors (Lipinski definition) is 5. The Bertz CT molecular complexity index is 421. The molecule has 0 aliphatic carbocycles. The molecule has 0 radical (unpaired) electrons. The first-order chi connectivity index (χ1) is 8.61. The first kappa shape index (κ1) is 12.8. The average molecular weight is 250 g/mol. The third-order valence-corrected chi connectivity index (χ3v) is 3.46. The fourth-order valence-electron chi connectivity index (χ4n) is 2.37. The van der Waals surface area contributed by atoms with E-state index in [2.05, 4.69) is 28.6 Å². The largest absolute Gasteiger partial charge is 0.366 e. The van der Waals surface area contributed by atoms with Crippen LogP contribution in [-0.4, -0.2) is 47.0 Å². The molecule has 98 valence electrons. The van der Waals surface area contributed by atoms with Gasteiger partial charge in [-0.15, -0.1) is 0 Å². The van der Waals surface area contributed by atoms with Gasteiger partial charge in [0.05, 0.1) is 5.69 Å². The van der Waals surface area contributed by atoms with Crippen molar-refractivity contribution in [3.63, 3.8) is 0 Å². The molecule has 0 unspecified atom stereocenters. The van der Waals surface area contributed by atoms with Gasteiger partial charge in [0.25, 0.3) is 0 Å². The summed E-state index contributed by atoms with van der Waals surface area (Å²) in [5, 5.41) is 10.5. The van der Waals surface area contributed by atoms with Crippen LogP contribution in [0.15, 0.2) is 18.3 Å². The molecule has 2 rings (SSSR count). The molecule has 1 aliphatic heterocycles. The Labute approximate surface area is 106 Å². The van der Waals surface area contributed by atoms with Crippen molar-refractivity contribution in [3.8, 4) is 0 Å². The summed E-state index contributed by atoms with van der Waals surface area (Å²) in [6.07, 6.45) is 1.59. The van der Waals surface area contributed by atoms with E-state index in [1.807, 2.05) is 0 Å². The third-order valence-electron chi connectivity index (χ3n) is 3.46. The minimum absolute atomic E-state index is 0.0982. The van der Waals surface area contributed by atoms with Gasteiger partial charge in [-0.25, -0.2) is 0 Å². The molecular weight excluding hydrogens is 232 g/mol. The van der Waals surface area contributed by atoms with Gasteiger partial charge < -0.3 is 15.0 Å². The zero-order valence-corrected chi connectivity index (χ0v) is 10.7. The highest BCUT2D eigenvalue weighted by molar-refractivity contribution is 5.47. The number of nitrogens with zero attached hydrogens (tertiary/aromatic N) is 4. The fraction of sp³-hybridized carbons (Fsp3) is 0.583. The second kappa shape index (κ2) is 5.30. The molecular formula is C12H18N4O2. The molecule has 6 nitrogen and oxygen atoms in total. The zero-order valence-electron chi connectivity index (χ0n) is 10.7. The Morgan fingerprint density at radius 2 is 2.28 bits per heavy atom. The summed E-state index contributed by atoms with van der Waals surface area (Å²) in [7, 11) is 0. The summed E-state index contributed by atoms with van der Waals surface area (Å²) < 4.78 is 0. The maximum absolute atomic E-state index is 10.5. The number of pyridine rings is 1.